The van der Waals surface area contributed by atoms with E-state index in [4.69, 9.17) is 4.74 Å². The van der Waals surface area contributed by atoms with E-state index in [1.807, 2.05) is 39.6 Å². The topological polar surface area (TPSA) is 57.9 Å². The van der Waals surface area contributed by atoms with Gasteiger partial charge in [-0.25, -0.2) is 4.39 Å². The van der Waals surface area contributed by atoms with Gasteiger partial charge < -0.3 is 19.9 Å². The van der Waals surface area contributed by atoms with Crippen molar-refractivity contribution in [2.75, 3.05) is 47.4 Å². The van der Waals surface area contributed by atoms with Crippen LogP contribution in [0.1, 0.15) is 23.3 Å². The van der Waals surface area contributed by atoms with Crippen molar-refractivity contribution < 1.29 is 9.13 Å². The molecule has 0 spiro atoms. The number of nitrogens with one attached hydrogen (secondary N) is 1. The zero-order valence-electron chi connectivity index (χ0n) is 17.0. The Bertz CT molecular complexity index is 805. The van der Waals surface area contributed by atoms with E-state index in [0.717, 1.165) is 23.6 Å². The summed E-state index contributed by atoms with van der Waals surface area (Å²) >= 11 is 0. The highest BCUT2D eigenvalue weighted by Gasteiger charge is 2.26. The molecule has 0 amide bonds. The summed E-state index contributed by atoms with van der Waals surface area (Å²) < 4.78 is 21.4. The molecule has 1 saturated heterocycles. The Morgan fingerprint density at radius 1 is 1.46 bits per heavy atom. The van der Waals surface area contributed by atoms with Crippen LogP contribution < -0.4 is 5.32 Å². The van der Waals surface area contributed by atoms with Crippen LogP contribution in [0.2, 0.25) is 0 Å². The molecular weight excluding hydrogens is 359 g/mol. The number of guanidine groups is 1. The predicted molar refractivity (Wildman–Crippen MR) is 108 cm³/mol. The monoisotopic (exact) mass is 388 g/mol. The average molecular weight is 388 g/mol. The Morgan fingerprint density at radius 3 is 2.93 bits per heavy atom. The van der Waals surface area contributed by atoms with Crippen molar-refractivity contribution in [2.24, 2.45) is 12.0 Å². The molecule has 3 rings (SSSR count). The molecule has 1 fully saturated rings. The summed E-state index contributed by atoms with van der Waals surface area (Å²) in [5.74, 6) is 0.599. The first-order chi connectivity index (χ1) is 13.5. The second-order valence-corrected chi connectivity index (χ2v) is 7.22. The molecule has 28 heavy (non-hydrogen) atoms. The van der Waals surface area contributed by atoms with E-state index in [1.54, 1.807) is 23.9 Å². The fraction of sp³-hybridized carbons (Fsp3) is 0.500. The first kappa shape index (κ1) is 20.3. The molecule has 7 nitrogen and oxygen atoms in total. The van der Waals surface area contributed by atoms with Gasteiger partial charge in [-0.15, -0.1) is 0 Å². The largest absolute Gasteiger partial charge is 0.370 e. The van der Waals surface area contributed by atoms with E-state index < -0.39 is 0 Å². The van der Waals surface area contributed by atoms with Gasteiger partial charge in [0.1, 0.15) is 11.9 Å². The summed E-state index contributed by atoms with van der Waals surface area (Å²) in [5.41, 5.74) is 2.00. The van der Waals surface area contributed by atoms with Gasteiger partial charge in [0.15, 0.2) is 5.96 Å². The molecular formula is C20H29FN6O. The minimum Gasteiger partial charge on any atom is -0.370 e. The normalized spacial score (nSPS) is 19.1. The van der Waals surface area contributed by atoms with E-state index in [9.17, 15) is 4.39 Å². The lowest BCUT2D eigenvalue weighted by molar-refractivity contribution is -0.00811. The van der Waals surface area contributed by atoms with Gasteiger partial charge >= 0.3 is 0 Å². The van der Waals surface area contributed by atoms with Crippen molar-refractivity contribution in [3.63, 3.8) is 0 Å². The summed E-state index contributed by atoms with van der Waals surface area (Å²) in [6.07, 6.45) is 3.79. The van der Waals surface area contributed by atoms with Crippen molar-refractivity contribution in [3.05, 3.63) is 53.6 Å². The summed E-state index contributed by atoms with van der Waals surface area (Å²) in [6, 6.07) is 6.78. The van der Waals surface area contributed by atoms with Crippen molar-refractivity contribution in [1.82, 2.24) is 24.9 Å². The number of ether oxygens (including phenoxy) is 1. The first-order valence-electron chi connectivity index (χ1n) is 9.45. The number of hydrogen-bond donors (Lipinski definition) is 1. The molecule has 2 atom stereocenters. The number of aliphatic imine (C=N–C) groups is 1. The number of nitrogens with zero attached hydrogens (tertiary/aromatic N) is 5. The predicted octanol–water partition coefficient (Wildman–Crippen LogP) is 1.81. The molecule has 1 aliphatic heterocycles. The fourth-order valence-electron chi connectivity index (χ4n) is 3.48. The molecule has 0 saturated carbocycles. The number of halogens is 1. The fourth-order valence-corrected chi connectivity index (χ4v) is 3.48. The molecule has 2 heterocycles. The van der Waals surface area contributed by atoms with E-state index >= 15 is 0 Å². The minimum atomic E-state index is -0.221. The van der Waals surface area contributed by atoms with Crippen molar-refractivity contribution in [2.45, 2.75) is 12.1 Å². The van der Waals surface area contributed by atoms with E-state index in [-0.39, 0.29) is 18.0 Å². The van der Waals surface area contributed by atoms with Crippen LogP contribution in [0.5, 0.6) is 0 Å². The molecule has 0 bridgehead atoms. The number of rotatable bonds is 5. The van der Waals surface area contributed by atoms with Crippen LogP contribution in [0.3, 0.4) is 0 Å². The van der Waals surface area contributed by atoms with Gasteiger partial charge in [0.25, 0.3) is 0 Å². The van der Waals surface area contributed by atoms with Crippen LogP contribution in [0.15, 0.2) is 41.7 Å². The maximum Gasteiger partial charge on any atom is 0.193 e. The lowest BCUT2D eigenvalue weighted by atomic mass is 10.1. The Hall–Kier alpha value is -2.45. The van der Waals surface area contributed by atoms with Gasteiger partial charge in [-0.3, -0.25) is 9.67 Å². The number of aryl methyl sites for hydroxylation is 1. The Balaban J connectivity index is 1.66. The minimum absolute atomic E-state index is 0.0302. The first-order valence-corrected chi connectivity index (χ1v) is 9.45. The van der Waals surface area contributed by atoms with E-state index in [0.29, 0.717) is 19.7 Å². The van der Waals surface area contributed by atoms with Crippen LogP contribution in [0.25, 0.3) is 0 Å². The Labute approximate surface area is 165 Å². The number of hydrogen-bond acceptors (Lipinski definition) is 4. The zero-order valence-corrected chi connectivity index (χ0v) is 17.0. The van der Waals surface area contributed by atoms with Crippen LogP contribution in [-0.2, 0) is 11.8 Å². The second-order valence-electron chi connectivity index (χ2n) is 7.22. The average Bonchev–Trinajstić information content (AvgIpc) is 3.11. The summed E-state index contributed by atoms with van der Waals surface area (Å²) in [6.45, 7) is 2.72. The van der Waals surface area contributed by atoms with Gasteiger partial charge in [-0.05, 0) is 31.8 Å². The number of aromatic nitrogens is 2. The Morgan fingerprint density at radius 2 is 2.29 bits per heavy atom. The number of benzene rings is 1. The van der Waals surface area contributed by atoms with E-state index in [2.05, 4.69) is 25.2 Å². The van der Waals surface area contributed by atoms with Gasteiger partial charge in [0.2, 0.25) is 0 Å². The molecule has 1 aromatic heterocycles. The third kappa shape index (κ3) is 4.88. The number of likely N-dealkylation sites (N-methyl/N-ethyl adjacent to an activating group) is 1. The van der Waals surface area contributed by atoms with Crippen LogP contribution in [-0.4, -0.2) is 72.9 Å². The smallest absolute Gasteiger partial charge is 0.193 e. The summed E-state index contributed by atoms with van der Waals surface area (Å²) in [5, 5.41) is 7.69. The van der Waals surface area contributed by atoms with Crippen molar-refractivity contribution >= 4 is 5.96 Å². The molecule has 2 unspecified atom stereocenters. The van der Waals surface area contributed by atoms with Crippen molar-refractivity contribution in [1.29, 1.82) is 0 Å². The summed E-state index contributed by atoms with van der Waals surface area (Å²) in [7, 11) is 7.67. The quantitative estimate of drug-likeness (QED) is 0.625. The highest BCUT2D eigenvalue weighted by molar-refractivity contribution is 5.80. The SMILES string of the molecule is CN=C(NCC(c1cccc(F)c1)N(C)C)N1CCOC(c2cnn(C)c2)C1. The van der Waals surface area contributed by atoms with Crippen LogP contribution in [0, 0.1) is 5.82 Å². The molecule has 1 aromatic carbocycles. The van der Waals surface area contributed by atoms with Crippen LogP contribution in [0.4, 0.5) is 4.39 Å². The maximum atomic E-state index is 13.7. The van der Waals surface area contributed by atoms with Gasteiger partial charge in [0.05, 0.1) is 25.4 Å². The highest BCUT2D eigenvalue weighted by Crippen LogP contribution is 2.22. The second kappa shape index (κ2) is 9.16. The standard InChI is InChI=1S/C20H29FN6O/c1-22-20(23-12-18(25(2)3)15-6-5-7-17(21)10-15)27-8-9-28-19(14-27)16-11-24-26(4)13-16/h5-7,10-11,13,18-19H,8-9,12,14H2,1-4H3,(H,22,23). The van der Waals surface area contributed by atoms with Gasteiger partial charge in [0, 0.05) is 38.9 Å². The lowest BCUT2D eigenvalue weighted by Gasteiger charge is -2.35. The zero-order chi connectivity index (χ0) is 20.1. The molecule has 2 aromatic rings. The Kier molecular flexibility index (Phi) is 6.64. The number of morpholine rings is 1. The van der Waals surface area contributed by atoms with Gasteiger partial charge in [-0.2, -0.15) is 5.10 Å². The van der Waals surface area contributed by atoms with E-state index in [1.165, 1.54) is 6.07 Å². The molecule has 152 valence electrons. The summed E-state index contributed by atoms with van der Waals surface area (Å²) in [4.78, 5) is 8.72. The molecule has 1 aliphatic rings. The van der Waals surface area contributed by atoms with Crippen LogP contribution >= 0.6 is 0 Å². The van der Waals surface area contributed by atoms with Gasteiger partial charge in [-0.1, -0.05) is 12.1 Å². The van der Waals surface area contributed by atoms with Crippen molar-refractivity contribution in [3.8, 4) is 0 Å². The highest BCUT2D eigenvalue weighted by atomic mass is 19.1. The third-order valence-corrected chi connectivity index (χ3v) is 4.98. The lowest BCUT2D eigenvalue weighted by Crippen LogP contribution is -2.49. The third-order valence-electron chi connectivity index (χ3n) is 4.98. The molecule has 0 radical (unpaired) electrons. The molecule has 0 aliphatic carbocycles. The molecule has 8 heteroatoms. The molecule has 1 N–H and O–H groups in total. The maximum absolute atomic E-state index is 13.7.